The molecular weight excluding hydrogens is 260 g/mol. The number of aromatic nitrogens is 1. The van der Waals surface area contributed by atoms with Gasteiger partial charge in [0.1, 0.15) is 5.54 Å². The Morgan fingerprint density at radius 1 is 1.63 bits per heavy atom. The molecule has 0 bridgehead atoms. The zero-order valence-corrected chi connectivity index (χ0v) is 11.3. The maximum atomic E-state index is 11.8. The first kappa shape index (κ1) is 13.8. The standard InChI is InChI=1S/C13H16N4OS/c14-9-13(4-5-13)17-12(18)11(15)8-19-7-10-3-1-2-6-16-10/h1-3,6,11H,4-5,7-8,15H2,(H,17,18)/t11-/m0/s1. The van der Waals surface area contributed by atoms with Crippen molar-refractivity contribution in [2.75, 3.05) is 5.75 Å². The van der Waals surface area contributed by atoms with Gasteiger partial charge in [0.15, 0.2) is 0 Å². The van der Waals surface area contributed by atoms with Gasteiger partial charge in [0.25, 0.3) is 0 Å². The van der Waals surface area contributed by atoms with Crippen LogP contribution in [0.4, 0.5) is 0 Å². The highest BCUT2D eigenvalue weighted by Gasteiger charge is 2.45. The second kappa shape index (κ2) is 6.04. The van der Waals surface area contributed by atoms with Crippen LogP contribution < -0.4 is 11.1 Å². The van der Waals surface area contributed by atoms with Crippen molar-refractivity contribution >= 4 is 17.7 Å². The second-order valence-electron chi connectivity index (χ2n) is 4.63. The second-order valence-corrected chi connectivity index (χ2v) is 5.66. The molecule has 100 valence electrons. The van der Waals surface area contributed by atoms with Gasteiger partial charge in [0.05, 0.1) is 17.8 Å². The topological polar surface area (TPSA) is 91.8 Å². The monoisotopic (exact) mass is 276 g/mol. The molecule has 0 unspecified atom stereocenters. The number of hydrogen-bond acceptors (Lipinski definition) is 5. The molecule has 1 aromatic rings. The fraction of sp³-hybridized carbons (Fsp3) is 0.462. The minimum Gasteiger partial charge on any atom is -0.336 e. The van der Waals surface area contributed by atoms with Crippen LogP contribution in [-0.2, 0) is 10.5 Å². The first-order valence-corrected chi connectivity index (χ1v) is 7.27. The Morgan fingerprint density at radius 2 is 2.42 bits per heavy atom. The summed E-state index contributed by atoms with van der Waals surface area (Å²) < 4.78 is 0. The Labute approximate surface area is 116 Å². The van der Waals surface area contributed by atoms with Crippen LogP contribution in [0.15, 0.2) is 24.4 Å². The summed E-state index contributed by atoms with van der Waals surface area (Å²) in [4.78, 5) is 16.0. The van der Waals surface area contributed by atoms with Gasteiger partial charge in [0, 0.05) is 17.7 Å². The third kappa shape index (κ3) is 3.94. The molecule has 1 atom stereocenters. The molecule has 19 heavy (non-hydrogen) atoms. The number of pyridine rings is 1. The van der Waals surface area contributed by atoms with Crippen molar-refractivity contribution in [2.24, 2.45) is 5.73 Å². The largest absolute Gasteiger partial charge is 0.336 e. The van der Waals surface area contributed by atoms with Gasteiger partial charge in [0.2, 0.25) is 5.91 Å². The van der Waals surface area contributed by atoms with Crippen LogP contribution in [0.3, 0.4) is 0 Å². The van der Waals surface area contributed by atoms with Crippen LogP contribution in [0.1, 0.15) is 18.5 Å². The highest BCUT2D eigenvalue weighted by molar-refractivity contribution is 7.98. The summed E-state index contributed by atoms with van der Waals surface area (Å²) in [7, 11) is 0. The summed E-state index contributed by atoms with van der Waals surface area (Å²) >= 11 is 1.57. The van der Waals surface area contributed by atoms with Crippen LogP contribution in [0.5, 0.6) is 0 Å². The summed E-state index contributed by atoms with van der Waals surface area (Å²) in [6, 6.07) is 7.27. The Morgan fingerprint density at radius 3 is 3.00 bits per heavy atom. The van der Waals surface area contributed by atoms with E-state index >= 15 is 0 Å². The van der Waals surface area contributed by atoms with E-state index in [0.29, 0.717) is 5.75 Å². The SMILES string of the molecule is N#CC1(NC(=O)[C@@H](N)CSCc2ccccn2)CC1. The van der Waals surface area contributed by atoms with Crippen molar-refractivity contribution in [3.05, 3.63) is 30.1 Å². The molecule has 1 heterocycles. The number of rotatable bonds is 6. The average Bonchev–Trinajstić information content (AvgIpc) is 3.20. The Bertz CT molecular complexity index is 481. The van der Waals surface area contributed by atoms with E-state index in [0.717, 1.165) is 24.3 Å². The van der Waals surface area contributed by atoms with Gasteiger partial charge in [-0.2, -0.15) is 17.0 Å². The van der Waals surface area contributed by atoms with E-state index in [1.54, 1.807) is 18.0 Å². The number of nitrogens with zero attached hydrogens (tertiary/aromatic N) is 2. The van der Waals surface area contributed by atoms with Gasteiger partial charge in [-0.3, -0.25) is 9.78 Å². The maximum absolute atomic E-state index is 11.8. The molecule has 0 spiro atoms. The predicted molar refractivity (Wildman–Crippen MR) is 74.1 cm³/mol. The normalized spacial score (nSPS) is 17.3. The molecule has 5 nitrogen and oxygen atoms in total. The molecule has 1 amide bonds. The van der Waals surface area contributed by atoms with Crippen LogP contribution in [-0.4, -0.2) is 28.2 Å². The van der Waals surface area contributed by atoms with Crippen molar-refractivity contribution < 1.29 is 4.79 Å². The highest BCUT2D eigenvalue weighted by atomic mass is 32.2. The third-order valence-corrected chi connectivity index (χ3v) is 4.03. The Hall–Kier alpha value is -1.58. The molecule has 1 fully saturated rings. The van der Waals surface area contributed by atoms with E-state index in [1.807, 2.05) is 18.2 Å². The number of amides is 1. The number of carbonyl (C=O) groups excluding carboxylic acids is 1. The van der Waals surface area contributed by atoms with Crippen molar-refractivity contribution in [3.8, 4) is 6.07 Å². The molecule has 1 aromatic heterocycles. The number of nitriles is 1. The first-order chi connectivity index (χ1) is 9.15. The predicted octanol–water partition coefficient (Wildman–Crippen LogP) is 0.814. The molecule has 0 radical (unpaired) electrons. The minimum atomic E-state index is -0.639. The van der Waals surface area contributed by atoms with Crippen LogP contribution >= 0.6 is 11.8 Å². The van der Waals surface area contributed by atoms with Crippen LogP contribution in [0.2, 0.25) is 0 Å². The van der Waals surface area contributed by atoms with Crippen molar-refractivity contribution in [3.63, 3.8) is 0 Å². The van der Waals surface area contributed by atoms with Gasteiger partial charge in [-0.15, -0.1) is 0 Å². The lowest BCUT2D eigenvalue weighted by Gasteiger charge is -2.14. The van der Waals surface area contributed by atoms with E-state index in [1.165, 1.54) is 0 Å². The minimum absolute atomic E-state index is 0.243. The van der Waals surface area contributed by atoms with E-state index in [9.17, 15) is 4.79 Å². The molecule has 1 aliphatic carbocycles. The van der Waals surface area contributed by atoms with E-state index in [-0.39, 0.29) is 5.91 Å². The molecule has 0 aliphatic heterocycles. The lowest BCUT2D eigenvalue weighted by Crippen LogP contribution is -2.47. The molecule has 0 saturated heterocycles. The molecule has 6 heteroatoms. The number of nitrogens with two attached hydrogens (primary N) is 1. The van der Waals surface area contributed by atoms with Crippen molar-refractivity contribution in [1.82, 2.24) is 10.3 Å². The number of nitrogens with one attached hydrogen (secondary N) is 1. The molecule has 3 N–H and O–H groups in total. The number of hydrogen-bond donors (Lipinski definition) is 2. The first-order valence-electron chi connectivity index (χ1n) is 6.12. The molecule has 1 saturated carbocycles. The van der Waals surface area contributed by atoms with Gasteiger partial charge in [-0.1, -0.05) is 6.07 Å². The van der Waals surface area contributed by atoms with Crippen molar-refractivity contribution in [1.29, 1.82) is 5.26 Å². The quantitative estimate of drug-likeness (QED) is 0.802. The Kier molecular flexibility index (Phi) is 4.40. The smallest absolute Gasteiger partial charge is 0.239 e. The number of thioether (sulfide) groups is 1. The fourth-order valence-corrected chi connectivity index (χ4v) is 2.47. The zero-order valence-electron chi connectivity index (χ0n) is 10.5. The van der Waals surface area contributed by atoms with Gasteiger partial charge >= 0.3 is 0 Å². The molecule has 2 rings (SSSR count). The summed E-state index contributed by atoms with van der Waals surface area (Å²) in [5.41, 5.74) is 6.14. The summed E-state index contributed by atoms with van der Waals surface area (Å²) in [6.07, 6.45) is 3.19. The van der Waals surface area contributed by atoms with Gasteiger partial charge < -0.3 is 11.1 Å². The summed E-state index contributed by atoms with van der Waals surface area (Å²) in [5.74, 6) is 1.00. The van der Waals surface area contributed by atoms with Crippen molar-refractivity contribution in [2.45, 2.75) is 30.2 Å². The molecular formula is C13H16N4OS. The maximum Gasteiger partial charge on any atom is 0.239 e. The summed E-state index contributed by atoms with van der Waals surface area (Å²) in [6.45, 7) is 0. The van der Waals surface area contributed by atoms with E-state index in [2.05, 4.69) is 16.4 Å². The van der Waals surface area contributed by atoms with Gasteiger partial charge in [-0.05, 0) is 25.0 Å². The van der Waals surface area contributed by atoms with Gasteiger partial charge in [-0.25, -0.2) is 0 Å². The third-order valence-electron chi connectivity index (χ3n) is 2.94. The lowest BCUT2D eigenvalue weighted by molar-refractivity contribution is -0.122. The lowest BCUT2D eigenvalue weighted by atomic mass is 10.2. The van der Waals surface area contributed by atoms with Crippen LogP contribution in [0, 0.1) is 11.3 Å². The summed E-state index contributed by atoms with van der Waals surface area (Å²) in [5, 5.41) is 11.6. The fourth-order valence-electron chi connectivity index (χ4n) is 1.57. The Balaban J connectivity index is 1.71. The van der Waals surface area contributed by atoms with E-state index in [4.69, 9.17) is 11.0 Å². The van der Waals surface area contributed by atoms with E-state index < -0.39 is 11.6 Å². The average molecular weight is 276 g/mol. The zero-order chi connectivity index (χ0) is 13.7. The number of carbonyl (C=O) groups is 1. The van der Waals surface area contributed by atoms with Crippen LogP contribution in [0.25, 0.3) is 0 Å². The highest BCUT2D eigenvalue weighted by Crippen LogP contribution is 2.34. The molecule has 0 aromatic carbocycles. The molecule has 1 aliphatic rings.